The summed E-state index contributed by atoms with van der Waals surface area (Å²) in [6, 6.07) is 7.06. The number of carbonyl (C=O) groups excluding carboxylic acids is 1. The smallest absolute Gasteiger partial charge is 0.257 e. The van der Waals surface area contributed by atoms with E-state index in [1.807, 2.05) is 21.8 Å². The number of nitrogens with zero attached hydrogens (tertiary/aromatic N) is 4. The van der Waals surface area contributed by atoms with Crippen molar-refractivity contribution in [1.29, 1.82) is 0 Å². The molecule has 1 amide bonds. The van der Waals surface area contributed by atoms with E-state index in [9.17, 15) is 4.79 Å². The van der Waals surface area contributed by atoms with E-state index in [2.05, 4.69) is 10.00 Å². The third-order valence-corrected chi connectivity index (χ3v) is 4.49. The molecule has 1 aromatic heterocycles. The van der Waals surface area contributed by atoms with Crippen molar-refractivity contribution in [3.05, 3.63) is 47.2 Å². The summed E-state index contributed by atoms with van der Waals surface area (Å²) in [5.41, 5.74) is 0.523. The predicted octanol–water partition coefficient (Wildman–Crippen LogP) is 2.00. The first-order chi connectivity index (χ1) is 11.7. The lowest BCUT2D eigenvalue weighted by atomic mass is 10.1. The fourth-order valence-corrected chi connectivity index (χ4v) is 3.04. The Balaban J connectivity index is 1.56. The Morgan fingerprint density at radius 1 is 1.25 bits per heavy atom. The monoisotopic (exact) mass is 348 g/mol. The number of hydrogen-bond donors (Lipinski definition) is 0. The van der Waals surface area contributed by atoms with Crippen LogP contribution in [0.3, 0.4) is 0 Å². The van der Waals surface area contributed by atoms with Crippen molar-refractivity contribution in [2.45, 2.75) is 6.54 Å². The molecule has 0 unspecified atom stereocenters. The molecule has 3 rings (SSSR count). The summed E-state index contributed by atoms with van der Waals surface area (Å²) in [6.45, 7) is 4.92. The summed E-state index contributed by atoms with van der Waals surface area (Å²) in [5.74, 6) is 0.534. The Labute approximate surface area is 146 Å². The zero-order chi connectivity index (χ0) is 16.9. The number of carbonyl (C=O) groups is 1. The number of halogens is 1. The van der Waals surface area contributed by atoms with E-state index in [1.54, 1.807) is 31.5 Å². The van der Waals surface area contributed by atoms with E-state index in [0.717, 1.165) is 26.2 Å². The Kier molecular flexibility index (Phi) is 5.37. The summed E-state index contributed by atoms with van der Waals surface area (Å²) in [6.07, 6.45) is 3.75. The molecule has 0 atom stereocenters. The number of benzene rings is 1. The molecule has 1 fully saturated rings. The van der Waals surface area contributed by atoms with Crippen LogP contribution in [0.1, 0.15) is 10.4 Å². The Bertz CT molecular complexity index is 682. The number of piperazine rings is 1. The van der Waals surface area contributed by atoms with Gasteiger partial charge < -0.3 is 9.64 Å². The molecule has 1 aliphatic heterocycles. The average molecular weight is 349 g/mol. The molecule has 0 bridgehead atoms. The van der Waals surface area contributed by atoms with Gasteiger partial charge in [0.1, 0.15) is 5.75 Å². The molecule has 0 radical (unpaired) electrons. The van der Waals surface area contributed by atoms with Gasteiger partial charge in [0.25, 0.3) is 5.91 Å². The largest absolute Gasteiger partial charge is 0.496 e. The lowest BCUT2D eigenvalue weighted by Crippen LogP contribution is -2.49. The van der Waals surface area contributed by atoms with Crippen LogP contribution in [-0.2, 0) is 6.54 Å². The highest BCUT2D eigenvalue weighted by Crippen LogP contribution is 2.24. The summed E-state index contributed by atoms with van der Waals surface area (Å²) in [5, 5.41) is 4.75. The first-order valence-electron chi connectivity index (χ1n) is 8.00. The quantitative estimate of drug-likeness (QED) is 0.829. The van der Waals surface area contributed by atoms with Crippen molar-refractivity contribution in [3.63, 3.8) is 0 Å². The summed E-state index contributed by atoms with van der Waals surface area (Å²) < 4.78 is 7.21. The maximum atomic E-state index is 12.7. The molecule has 6 nitrogen and oxygen atoms in total. The summed E-state index contributed by atoms with van der Waals surface area (Å²) >= 11 is 6.03. The highest BCUT2D eigenvalue weighted by Gasteiger charge is 2.24. The van der Waals surface area contributed by atoms with Gasteiger partial charge in [-0.1, -0.05) is 11.6 Å². The minimum atomic E-state index is -0.0268. The molecular weight excluding hydrogens is 328 g/mol. The zero-order valence-corrected chi connectivity index (χ0v) is 14.4. The van der Waals surface area contributed by atoms with Crippen LogP contribution in [0.5, 0.6) is 5.75 Å². The van der Waals surface area contributed by atoms with Gasteiger partial charge in [0.2, 0.25) is 0 Å². The Morgan fingerprint density at radius 3 is 2.71 bits per heavy atom. The zero-order valence-electron chi connectivity index (χ0n) is 13.7. The van der Waals surface area contributed by atoms with E-state index in [4.69, 9.17) is 16.3 Å². The minimum absolute atomic E-state index is 0.0268. The number of ether oxygens (including phenoxy) is 1. The van der Waals surface area contributed by atoms with Gasteiger partial charge in [0.05, 0.1) is 19.2 Å². The van der Waals surface area contributed by atoms with E-state index in [1.165, 1.54) is 0 Å². The molecule has 0 N–H and O–H groups in total. The van der Waals surface area contributed by atoms with Crippen molar-refractivity contribution < 1.29 is 9.53 Å². The molecule has 1 aromatic carbocycles. The minimum Gasteiger partial charge on any atom is -0.496 e. The van der Waals surface area contributed by atoms with Gasteiger partial charge in [-0.2, -0.15) is 5.10 Å². The van der Waals surface area contributed by atoms with E-state index in [-0.39, 0.29) is 5.91 Å². The van der Waals surface area contributed by atoms with Crippen LogP contribution in [0.4, 0.5) is 0 Å². The average Bonchev–Trinajstić information content (AvgIpc) is 3.13. The number of hydrogen-bond acceptors (Lipinski definition) is 4. The van der Waals surface area contributed by atoms with Crippen LogP contribution >= 0.6 is 11.6 Å². The van der Waals surface area contributed by atoms with Gasteiger partial charge in [0, 0.05) is 50.1 Å². The fraction of sp³-hybridized carbons (Fsp3) is 0.412. The Hall–Kier alpha value is -2.05. The predicted molar refractivity (Wildman–Crippen MR) is 92.6 cm³/mol. The van der Waals surface area contributed by atoms with Crippen molar-refractivity contribution in [1.82, 2.24) is 19.6 Å². The van der Waals surface area contributed by atoms with Gasteiger partial charge in [0.15, 0.2) is 0 Å². The molecule has 2 aromatic rings. The van der Waals surface area contributed by atoms with Crippen molar-refractivity contribution in [3.8, 4) is 5.75 Å². The molecule has 0 spiro atoms. The lowest BCUT2D eigenvalue weighted by Gasteiger charge is -2.34. The molecule has 2 heterocycles. The Morgan fingerprint density at radius 2 is 2.04 bits per heavy atom. The van der Waals surface area contributed by atoms with E-state index < -0.39 is 0 Å². The van der Waals surface area contributed by atoms with Crippen molar-refractivity contribution in [2.24, 2.45) is 0 Å². The second kappa shape index (κ2) is 7.68. The van der Waals surface area contributed by atoms with Gasteiger partial charge >= 0.3 is 0 Å². The second-order valence-corrected chi connectivity index (χ2v) is 6.18. The standard InChI is InChI=1S/C17H21ClN4O2/c1-24-16-4-3-14(18)13-15(16)17(23)21-10-7-20(8-11-21)9-12-22-6-2-5-19-22/h2-6,13H,7-12H2,1H3. The van der Waals surface area contributed by atoms with Crippen LogP contribution in [-0.4, -0.2) is 65.3 Å². The van der Waals surface area contributed by atoms with Crippen LogP contribution < -0.4 is 4.74 Å². The number of methoxy groups -OCH3 is 1. The molecule has 128 valence electrons. The molecule has 7 heteroatoms. The van der Waals surface area contributed by atoms with Crippen LogP contribution in [0.25, 0.3) is 0 Å². The molecule has 1 aliphatic rings. The van der Waals surface area contributed by atoms with E-state index >= 15 is 0 Å². The maximum absolute atomic E-state index is 12.7. The topological polar surface area (TPSA) is 50.6 Å². The van der Waals surface area contributed by atoms with Crippen molar-refractivity contribution >= 4 is 17.5 Å². The van der Waals surface area contributed by atoms with Gasteiger partial charge in [-0.05, 0) is 24.3 Å². The third-order valence-electron chi connectivity index (χ3n) is 4.26. The molecule has 0 aliphatic carbocycles. The number of amides is 1. The molecule has 24 heavy (non-hydrogen) atoms. The summed E-state index contributed by atoms with van der Waals surface area (Å²) in [4.78, 5) is 16.9. The van der Waals surface area contributed by atoms with E-state index in [0.29, 0.717) is 29.4 Å². The first kappa shape index (κ1) is 16.8. The van der Waals surface area contributed by atoms with Crippen LogP contribution in [0.15, 0.2) is 36.7 Å². The molecular formula is C17H21ClN4O2. The summed E-state index contributed by atoms with van der Waals surface area (Å²) in [7, 11) is 1.56. The second-order valence-electron chi connectivity index (χ2n) is 5.75. The molecule has 0 saturated carbocycles. The van der Waals surface area contributed by atoms with Crippen LogP contribution in [0.2, 0.25) is 5.02 Å². The first-order valence-corrected chi connectivity index (χ1v) is 8.38. The molecule has 1 saturated heterocycles. The third kappa shape index (κ3) is 3.88. The highest BCUT2D eigenvalue weighted by molar-refractivity contribution is 6.31. The fourth-order valence-electron chi connectivity index (χ4n) is 2.87. The van der Waals surface area contributed by atoms with Gasteiger partial charge in [-0.25, -0.2) is 0 Å². The normalized spacial score (nSPS) is 15.5. The van der Waals surface area contributed by atoms with Gasteiger partial charge in [-0.15, -0.1) is 0 Å². The number of rotatable bonds is 5. The lowest BCUT2D eigenvalue weighted by molar-refractivity contribution is 0.0629. The maximum Gasteiger partial charge on any atom is 0.257 e. The SMILES string of the molecule is COc1ccc(Cl)cc1C(=O)N1CCN(CCn2cccn2)CC1. The highest BCUT2D eigenvalue weighted by atomic mass is 35.5. The van der Waals surface area contributed by atoms with Gasteiger partial charge in [-0.3, -0.25) is 14.4 Å². The van der Waals surface area contributed by atoms with Crippen LogP contribution in [0, 0.1) is 0 Å². The number of aromatic nitrogens is 2. The van der Waals surface area contributed by atoms with Crippen molar-refractivity contribution in [2.75, 3.05) is 39.8 Å².